The Bertz CT molecular complexity index is 354. The highest BCUT2D eigenvalue weighted by molar-refractivity contribution is 5.26. The van der Waals surface area contributed by atoms with Gasteiger partial charge in [0, 0.05) is 5.54 Å². The van der Waals surface area contributed by atoms with Crippen molar-refractivity contribution in [3.63, 3.8) is 0 Å². The fourth-order valence-electron chi connectivity index (χ4n) is 2.76. The predicted octanol–water partition coefficient (Wildman–Crippen LogP) is 3.57. The van der Waals surface area contributed by atoms with E-state index in [-0.39, 0.29) is 5.54 Å². The molecule has 0 atom stereocenters. The lowest BCUT2D eigenvalue weighted by atomic mass is 9.74. The van der Waals surface area contributed by atoms with Gasteiger partial charge in [-0.2, -0.15) is 0 Å². The van der Waals surface area contributed by atoms with E-state index in [4.69, 9.17) is 0 Å². The summed E-state index contributed by atoms with van der Waals surface area (Å²) in [6.07, 6.45) is 4.71. The molecule has 0 spiro atoms. The Morgan fingerprint density at radius 2 is 1.62 bits per heavy atom. The number of allylic oxidation sites excluding steroid dienone is 1. The van der Waals surface area contributed by atoms with E-state index < -0.39 is 0 Å². The van der Waals surface area contributed by atoms with Crippen molar-refractivity contribution in [2.45, 2.75) is 31.2 Å². The average molecular weight is 215 g/mol. The Labute approximate surface area is 98.8 Å². The Morgan fingerprint density at radius 1 is 1.06 bits per heavy atom. The van der Waals surface area contributed by atoms with E-state index in [0.717, 1.165) is 12.8 Å². The molecule has 0 radical (unpaired) electrons. The molecule has 0 aromatic heterocycles. The minimum Gasteiger partial charge on any atom is -0.300 e. The van der Waals surface area contributed by atoms with Gasteiger partial charge in [0.2, 0.25) is 0 Å². The molecule has 1 aromatic carbocycles. The van der Waals surface area contributed by atoms with Crippen LogP contribution in [0.2, 0.25) is 0 Å². The summed E-state index contributed by atoms with van der Waals surface area (Å²) < 4.78 is 0. The van der Waals surface area contributed by atoms with Crippen molar-refractivity contribution in [3.05, 3.63) is 48.0 Å². The molecule has 0 heterocycles. The van der Waals surface area contributed by atoms with Gasteiger partial charge in [-0.05, 0) is 45.3 Å². The maximum Gasteiger partial charge on any atom is 0.0460 e. The molecule has 1 nitrogen and oxygen atoms in total. The van der Waals surface area contributed by atoms with Crippen molar-refractivity contribution in [2.75, 3.05) is 14.1 Å². The average Bonchev–Trinajstić information content (AvgIpc) is 2.31. The zero-order chi connectivity index (χ0) is 11.6. The summed E-state index contributed by atoms with van der Waals surface area (Å²) in [7, 11) is 4.39. The number of nitrogens with zero attached hydrogens (tertiary/aromatic N) is 1. The van der Waals surface area contributed by atoms with Crippen LogP contribution in [0.1, 0.15) is 31.2 Å². The molecule has 1 saturated carbocycles. The molecular formula is C15H21N. The van der Waals surface area contributed by atoms with Crippen molar-refractivity contribution in [1.29, 1.82) is 0 Å². The topological polar surface area (TPSA) is 3.24 Å². The molecule has 2 rings (SSSR count). The van der Waals surface area contributed by atoms with Crippen molar-refractivity contribution in [1.82, 2.24) is 4.90 Å². The molecular weight excluding hydrogens is 194 g/mol. The van der Waals surface area contributed by atoms with Gasteiger partial charge >= 0.3 is 0 Å². The second kappa shape index (κ2) is 4.42. The zero-order valence-corrected chi connectivity index (χ0v) is 10.4. The normalized spacial score (nSPS) is 20.1. The number of rotatable bonds is 2. The predicted molar refractivity (Wildman–Crippen MR) is 69.4 cm³/mol. The van der Waals surface area contributed by atoms with Gasteiger partial charge in [-0.15, -0.1) is 0 Å². The van der Waals surface area contributed by atoms with Crippen molar-refractivity contribution < 1.29 is 0 Å². The van der Waals surface area contributed by atoms with E-state index in [9.17, 15) is 0 Å². The van der Waals surface area contributed by atoms with Crippen molar-refractivity contribution >= 4 is 0 Å². The van der Waals surface area contributed by atoms with Crippen molar-refractivity contribution in [3.8, 4) is 0 Å². The zero-order valence-electron chi connectivity index (χ0n) is 10.4. The van der Waals surface area contributed by atoms with Crippen LogP contribution in [0.4, 0.5) is 0 Å². The third kappa shape index (κ3) is 1.92. The van der Waals surface area contributed by atoms with Crippen LogP contribution in [-0.4, -0.2) is 19.0 Å². The molecule has 86 valence electrons. The van der Waals surface area contributed by atoms with Gasteiger partial charge in [-0.25, -0.2) is 0 Å². The van der Waals surface area contributed by atoms with Gasteiger partial charge in [0.05, 0.1) is 0 Å². The molecule has 0 unspecified atom stereocenters. The smallest absolute Gasteiger partial charge is 0.0460 e. The highest BCUT2D eigenvalue weighted by atomic mass is 15.1. The quantitative estimate of drug-likeness (QED) is 0.682. The van der Waals surface area contributed by atoms with E-state index >= 15 is 0 Å². The minimum absolute atomic E-state index is 0.225. The Hall–Kier alpha value is -1.08. The molecule has 0 N–H and O–H groups in total. The van der Waals surface area contributed by atoms with E-state index in [0.29, 0.717) is 0 Å². The molecule has 0 bridgehead atoms. The summed E-state index contributed by atoms with van der Waals surface area (Å²) in [5, 5.41) is 0. The largest absolute Gasteiger partial charge is 0.300 e. The van der Waals surface area contributed by atoms with E-state index in [2.05, 4.69) is 55.9 Å². The second-order valence-corrected chi connectivity index (χ2v) is 5.04. The van der Waals surface area contributed by atoms with Gasteiger partial charge in [-0.1, -0.05) is 42.5 Å². The first kappa shape index (κ1) is 11.4. The highest BCUT2D eigenvalue weighted by Gasteiger charge is 2.36. The summed E-state index contributed by atoms with van der Waals surface area (Å²) >= 11 is 0. The molecule has 1 fully saturated rings. The number of hydrogen-bond acceptors (Lipinski definition) is 1. The van der Waals surface area contributed by atoms with Gasteiger partial charge < -0.3 is 0 Å². The Morgan fingerprint density at radius 3 is 2.12 bits per heavy atom. The summed E-state index contributed by atoms with van der Waals surface area (Å²) in [6, 6.07) is 10.9. The van der Waals surface area contributed by atoms with E-state index in [1.807, 2.05) is 0 Å². The third-order valence-corrected chi connectivity index (χ3v) is 3.95. The van der Waals surface area contributed by atoms with Gasteiger partial charge in [0.1, 0.15) is 0 Å². The summed E-state index contributed by atoms with van der Waals surface area (Å²) in [4.78, 5) is 2.38. The Kier molecular flexibility index (Phi) is 3.15. The van der Waals surface area contributed by atoms with Crippen molar-refractivity contribution in [2.24, 2.45) is 0 Å². The molecule has 1 aromatic rings. The van der Waals surface area contributed by atoms with Gasteiger partial charge in [0.25, 0.3) is 0 Å². The summed E-state index contributed by atoms with van der Waals surface area (Å²) in [5.41, 5.74) is 3.09. The maximum atomic E-state index is 4.11. The van der Waals surface area contributed by atoms with Crippen LogP contribution in [0.3, 0.4) is 0 Å². The first-order valence-corrected chi connectivity index (χ1v) is 6.05. The molecule has 1 aliphatic rings. The van der Waals surface area contributed by atoms with Crippen LogP contribution in [-0.2, 0) is 5.54 Å². The Balaban J connectivity index is 2.33. The third-order valence-electron chi connectivity index (χ3n) is 3.95. The van der Waals surface area contributed by atoms with Crippen LogP contribution in [0.15, 0.2) is 42.5 Å². The van der Waals surface area contributed by atoms with Crippen LogP contribution < -0.4 is 0 Å². The lowest BCUT2D eigenvalue weighted by Gasteiger charge is -2.44. The molecule has 0 saturated heterocycles. The molecule has 1 heteroatoms. The fraction of sp³-hybridized carbons (Fsp3) is 0.467. The number of benzene rings is 1. The first-order chi connectivity index (χ1) is 7.65. The van der Waals surface area contributed by atoms with E-state index in [1.54, 1.807) is 0 Å². The first-order valence-electron chi connectivity index (χ1n) is 6.05. The lowest BCUT2D eigenvalue weighted by molar-refractivity contribution is 0.113. The van der Waals surface area contributed by atoms with Crippen LogP contribution in [0.5, 0.6) is 0 Å². The maximum absolute atomic E-state index is 4.11. The van der Waals surface area contributed by atoms with Crippen LogP contribution >= 0.6 is 0 Å². The second-order valence-electron chi connectivity index (χ2n) is 5.04. The molecule has 0 aliphatic heterocycles. The fourth-order valence-corrected chi connectivity index (χ4v) is 2.76. The van der Waals surface area contributed by atoms with Crippen LogP contribution in [0, 0.1) is 0 Å². The molecule has 1 aliphatic carbocycles. The standard InChI is InChI=1S/C15H21N/c1-13-9-11-15(12-10-13,16(2)3)14-7-5-4-6-8-14/h4-8H,1,9-12H2,2-3H3. The lowest BCUT2D eigenvalue weighted by Crippen LogP contribution is -2.43. The summed E-state index contributed by atoms with van der Waals surface area (Å²) in [6.45, 7) is 4.11. The highest BCUT2D eigenvalue weighted by Crippen LogP contribution is 2.42. The minimum atomic E-state index is 0.225. The van der Waals surface area contributed by atoms with Crippen LogP contribution in [0.25, 0.3) is 0 Å². The molecule has 0 amide bonds. The van der Waals surface area contributed by atoms with Gasteiger partial charge in [-0.3, -0.25) is 4.90 Å². The van der Waals surface area contributed by atoms with E-state index in [1.165, 1.54) is 24.0 Å². The summed E-state index contributed by atoms with van der Waals surface area (Å²) in [5.74, 6) is 0. The number of hydrogen-bond donors (Lipinski definition) is 0. The molecule has 16 heavy (non-hydrogen) atoms. The monoisotopic (exact) mass is 215 g/mol. The van der Waals surface area contributed by atoms with Gasteiger partial charge in [0.15, 0.2) is 0 Å². The SMILES string of the molecule is C=C1CCC(c2ccccc2)(N(C)C)CC1.